The third-order valence-electron chi connectivity index (χ3n) is 5.04. The highest BCUT2D eigenvalue weighted by Crippen LogP contribution is 2.21. The number of quaternary nitrogens is 1. The Kier molecular flexibility index (Phi) is 5.77. The Bertz CT molecular complexity index is 845. The van der Waals surface area contributed by atoms with Gasteiger partial charge in [-0.05, 0) is 31.0 Å². The van der Waals surface area contributed by atoms with Crippen LogP contribution in [0.2, 0.25) is 0 Å². The maximum atomic E-state index is 12.9. The Hall–Kier alpha value is -1.73. The van der Waals surface area contributed by atoms with E-state index in [1.165, 1.54) is 4.90 Å². The molecule has 0 spiro atoms. The van der Waals surface area contributed by atoms with Crippen LogP contribution >= 0.6 is 0 Å². The molecule has 2 aromatic rings. The predicted molar refractivity (Wildman–Crippen MR) is 102 cm³/mol. The van der Waals surface area contributed by atoms with E-state index < -0.39 is 16.1 Å². The Labute approximate surface area is 155 Å². The van der Waals surface area contributed by atoms with Crippen LogP contribution in [0, 0.1) is 13.8 Å². The highest BCUT2D eigenvalue weighted by Gasteiger charge is 2.32. The molecule has 2 aromatic carbocycles. The van der Waals surface area contributed by atoms with Crippen molar-refractivity contribution in [3.05, 3.63) is 65.2 Å². The van der Waals surface area contributed by atoms with Crippen LogP contribution in [0.15, 0.2) is 53.4 Å². The summed E-state index contributed by atoms with van der Waals surface area (Å²) >= 11 is 0. The van der Waals surface area contributed by atoms with E-state index in [1.807, 2.05) is 56.3 Å². The molecule has 0 unspecified atom stereocenters. The number of nitrogens with one attached hydrogen (secondary N) is 1. The molecule has 0 aliphatic carbocycles. The van der Waals surface area contributed by atoms with E-state index in [9.17, 15) is 13.5 Å². The Morgan fingerprint density at radius 2 is 1.73 bits per heavy atom. The molecule has 0 bridgehead atoms. The lowest BCUT2D eigenvalue weighted by Gasteiger charge is -2.32. The number of nitrogens with zero attached hydrogens (tertiary/aromatic N) is 1. The number of aliphatic hydroxyl groups excluding tert-OH is 1. The molecule has 3 rings (SSSR count). The summed E-state index contributed by atoms with van der Waals surface area (Å²) in [4.78, 5) is 1.63. The van der Waals surface area contributed by atoms with Gasteiger partial charge in [-0.3, -0.25) is 0 Å². The first kappa shape index (κ1) is 19.0. The largest absolute Gasteiger partial charge is 0.382 e. The second-order valence-corrected chi connectivity index (χ2v) is 8.96. The van der Waals surface area contributed by atoms with Gasteiger partial charge in [0.1, 0.15) is 12.6 Å². The number of piperazine rings is 1. The molecule has 1 heterocycles. The molecule has 0 saturated carbocycles. The monoisotopic (exact) mass is 375 g/mol. The van der Waals surface area contributed by atoms with Crippen LogP contribution in [0.3, 0.4) is 0 Å². The minimum Gasteiger partial charge on any atom is -0.382 e. The molecule has 0 aromatic heterocycles. The van der Waals surface area contributed by atoms with Crippen molar-refractivity contribution in [1.82, 2.24) is 4.31 Å². The van der Waals surface area contributed by atoms with Gasteiger partial charge in [-0.1, -0.05) is 48.0 Å². The molecular formula is C20H27N2O3S+. The highest BCUT2D eigenvalue weighted by molar-refractivity contribution is 7.89. The number of benzene rings is 2. The first-order valence-electron chi connectivity index (χ1n) is 9.02. The van der Waals surface area contributed by atoms with E-state index in [-0.39, 0.29) is 0 Å². The third kappa shape index (κ3) is 4.15. The van der Waals surface area contributed by atoms with Crippen molar-refractivity contribution < 1.29 is 18.4 Å². The number of hydrogen-bond acceptors (Lipinski definition) is 3. The zero-order chi connectivity index (χ0) is 18.7. The molecule has 1 aliphatic heterocycles. The maximum Gasteiger partial charge on any atom is 0.243 e. The lowest BCUT2D eigenvalue weighted by molar-refractivity contribution is -0.907. The van der Waals surface area contributed by atoms with Gasteiger partial charge in [0.15, 0.2) is 0 Å². The fraction of sp³-hybridized carbons (Fsp3) is 0.400. The minimum atomic E-state index is -3.46. The SMILES string of the molecule is Cc1ccc(S(=O)(=O)N2CC[NH+](C[C@@H](O)c3ccccc3)CC2)c(C)c1. The molecule has 0 radical (unpaired) electrons. The van der Waals surface area contributed by atoms with Gasteiger partial charge in [0.05, 0.1) is 31.1 Å². The number of aryl methyl sites for hydroxylation is 2. The molecule has 140 valence electrons. The highest BCUT2D eigenvalue weighted by atomic mass is 32.2. The van der Waals surface area contributed by atoms with Crippen LogP contribution in [0.5, 0.6) is 0 Å². The molecule has 1 atom stereocenters. The average Bonchev–Trinajstić information content (AvgIpc) is 2.62. The van der Waals surface area contributed by atoms with E-state index in [0.29, 0.717) is 37.6 Å². The summed E-state index contributed by atoms with van der Waals surface area (Å²) in [6, 6.07) is 15.1. The zero-order valence-corrected chi connectivity index (χ0v) is 16.2. The lowest BCUT2D eigenvalue weighted by atomic mass is 10.1. The van der Waals surface area contributed by atoms with Gasteiger partial charge in [-0.15, -0.1) is 0 Å². The fourth-order valence-corrected chi connectivity index (χ4v) is 5.19. The molecule has 1 fully saturated rings. The van der Waals surface area contributed by atoms with Crippen molar-refractivity contribution in [3.63, 3.8) is 0 Å². The van der Waals surface area contributed by atoms with Gasteiger partial charge in [-0.2, -0.15) is 4.31 Å². The predicted octanol–water partition coefficient (Wildman–Crippen LogP) is 0.926. The molecule has 26 heavy (non-hydrogen) atoms. The standard InChI is InChI=1S/C20H26N2O3S/c1-16-8-9-20(17(2)14-16)26(24,25)22-12-10-21(11-13-22)15-19(23)18-6-4-3-5-7-18/h3-9,14,19,23H,10-13,15H2,1-2H3/p+1/t19-/m1/s1. The first-order valence-corrected chi connectivity index (χ1v) is 10.5. The van der Waals surface area contributed by atoms with Gasteiger partial charge in [0.25, 0.3) is 0 Å². The van der Waals surface area contributed by atoms with E-state index in [1.54, 1.807) is 10.4 Å². The van der Waals surface area contributed by atoms with Crippen molar-refractivity contribution in [1.29, 1.82) is 0 Å². The average molecular weight is 376 g/mol. The van der Waals surface area contributed by atoms with Gasteiger partial charge in [-0.25, -0.2) is 8.42 Å². The summed E-state index contributed by atoms with van der Waals surface area (Å²) in [6.45, 7) is 6.77. The molecule has 5 nitrogen and oxygen atoms in total. The van der Waals surface area contributed by atoms with Crippen molar-refractivity contribution in [2.45, 2.75) is 24.8 Å². The number of aliphatic hydroxyl groups is 1. The topological polar surface area (TPSA) is 62.0 Å². The summed E-state index contributed by atoms with van der Waals surface area (Å²) in [6.07, 6.45) is -0.520. The van der Waals surface area contributed by atoms with E-state index in [4.69, 9.17) is 0 Å². The first-order chi connectivity index (χ1) is 12.4. The maximum absolute atomic E-state index is 12.9. The smallest absolute Gasteiger partial charge is 0.243 e. The number of sulfonamides is 1. The molecule has 6 heteroatoms. The Morgan fingerprint density at radius 3 is 2.35 bits per heavy atom. The summed E-state index contributed by atoms with van der Waals surface area (Å²) in [5.41, 5.74) is 2.76. The van der Waals surface area contributed by atoms with Crippen LogP contribution in [0.4, 0.5) is 0 Å². The van der Waals surface area contributed by atoms with Crippen LogP contribution < -0.4 is 4.90 Å². The van der Waals surface area contributed by atoms with Gasteiger partial charge < -0.3 is 10.0 Å². The minimum absolute atomic E-state index is 0.399. The molecule has 1 aliphatic rings. The Morgan fingerprint density at radius 1 is 1.08 bits per heavy atom. The summed E-state index contributed by atoms with van der Waals surface area (Å²) in [5, 5.41) is 10.4. The third-order valence-corrected chi connectivity index (χ3v) is 7.10. The van der Waals surface area contributed by atoms with Crippen LogP contribution in [0.1, 0.15) is 22.8 Å². The number of rotatable bonds is 5. The molecule has 0 amide bonds. The van der Waals surface area contributed by atoms with Crippen molar-refractivity contribution in [2.24, 2.45) is 0 Å². The lowest BCUT2D eigenvalue weighted by Crippen LogP contribution is -3.15. The van der Waals surface area contributed by atoms with Gasteiger partial charge in [0.2, 0.25) is 10.0 Å². The van der Waals surface area contributed by atoms with Gasteiger partial charge >= 0.3 is 0 Å². The Balaban J connectivity index is 1.63. The van der Waals surface area contributed by atoms with E-state index in [2.05, 4.69) is 0 Å². The summed E-state index contributed by atoms with van der Waals surface area (Å²) in [7, 11) is -3.46. The second kappa shape index (κ2) is 7.88. The quantitative estimate of drug-likeness (QED) is 0.817. The zero-order valence-electron chi connectivity index (χ0n) is 15.4. The van der Waals surface area contributed by atoms with Crippen LogP contribution in [-0.2, 0) is 10.0 Å². The van der Waals surface area contributed by atoms with Crippen molar-refractivity contribution in [3.8, 4) is 0 Å². The van der Waals surface area contributed by atoms with Crippen LogP contribution in [0.25, 0.3) is 0 Å². The van der Waals surface area contributed by atoms with E-state index in [0.717, 1.165) is 16.7 Å². The molecule has 2 N–H and O–H groups in total. The number of hydrogen-bond donors (Lipinski definition) is 2. The summed E-state index contributed by atoms with van der Waals surface area (Å²) in [5.74, 6) is 0. The fourth-order valence-electron chi connectivity index (χ4n) is 3.54. The van der Waals surface area contributed by atoms with E-state index >= 15 is 0 Å². The van der Waals surface area contributed by atoms with Crippen molar-refractivity contribution in [2.75, 3.05) is 32.7 Å². The second-order valence-electron chi connectivity index (χ2n) is 7.05. The molecule has 1 saturated heterocycles. The normalized spacial score (nSPS) is 18.0. The van der Waals surface area contributed by atoms with Gasteiger partial charge in [0, 0.05) is 0 Å². The van der Waals surface area contributed by atoms with Crippen molar-refractivity contribution >= 4 is 10.0 Å². The summed E-state index contributed by atoms with van der Waals surface area (Å²) < 4.78 is 27.4. The van der Waals surface area contributed by atoms with Crippen LogP contribution in [-0.4, -0.2) is 50.6 Å². The molecular weight excluding hydrogens is 348 g/mol.